The molecule has 1 fully saturated rings. The van der Waals surface area contributed by atoms with Crippen LogP contribution in [0.2, 0.25) is 5.02 Å². The number of anilines is 1. The molecule has 2 rings (SSSR count). The van der Waals surface area contributed by atoms with Gasteiger partial charge in [0.05, 0.1) is 0 Å². The van der Waals surface area contributed by atoms with Crippen molar-refractivity contribution in [1.29, 1.82) is 0 Å². The summed E-state index contributed by atoms with van der Waals surface area (Å²) in [6.07, 6.45) is 3.95. The van der Waals surface area contributed by atoms with E-state index < -0.39 is 0 Å². The molecule has 1 saturated heterocycles. The number of benzene rings is 1. The van der Waals surface area contributed by atoms with Gasteiger partial charge < -0.3 is 10.2 Å². The third-order valence-corrected chi connectivity index (χ3v) is 4.31. The second-order valence-corrected chi connectivity index (χ2v) is 6.63. The average Bonchev–Trinajstić information content (AvgIpc) is 2.86. The molecule has 0 radical (unpaired) electrons. The molecule has 1 aromatic carbocycles. The minimum absolute atomic E-state index is 0.505. The summed E-state index contributed by atoms with van der Waals surface area (Å²) in [5.41, 5.74) is 2.68. The Balaban J connectivity index is 2.11. The van der Waals surface area contributed by atoms with Crippen molar-refractivity contribution in [2.75, 3.05) is 18.0 Å². The summed E-state index contributed by atoms with van der Waals surface area (Å²) >= 11 is 6.21. The standard InChI is InChI=1S/C17H27ClN2/c1-4-5-14-8-9-20(12-14)17-10-16(18)7-6-15(17)11-19-13(2)3/h6-7,10,13-14,19H,4-5,8-9,11-12H2,1-3H3. The molecule has 1 atom stereocenters. The highest BCUT2D eigenvalue weighted by atomic mass is 35.5. The molecule has 112 valence electrons. The Kier molecular flexibility index (Phi) is 5.74. The number of hydrogen-bond donors (Lipinski definition) is 1. The van der Waals surface area contributed by atoms with Crippen LogP contribution in [0.25, 0.3) is 0 Å². The lowest BCUT2D eigenvalue weighted by molar-refractivity contribution is 0.529. The van der Waals surface area contributed by atoms with Crippen LogP contribution in [0.4, 0.5) is 5.69 Å². The Morgan fingerprint density at radius 3 is 2.90 bits per heavy atom. The predicted molar refractivity (Wildman–Crippen MR) is 88.7 cm³/mol. The summed E-state index contributed by atoms with van der Waals surface area (Å²) in [6, 6.07) is 6.81. The van der Waals surface area contributed by atoms with Crippen molar-refractivity contribution in [2.24, 2.45) is 5.92 Å². The van der Waals surface area contributed by atoms with E-state index in [1.807, 2.05) is 6.07 Å². The monoisotopic (exact) mass is 294 g/mol. The molecule has 0 saturated carbocycles. The van der Waals surface area contributed by atoms with Gasteiger partial charge in [0.15, 0.2) is 0 Å². The Morgan fingerprint density at radius 2 is 2.20 bits per heavy atom. The molecule has 0 aromatic heterocycles. The van der Waals surface area contributed by atoms with Crippen LogP contribution < -0.4 is 10.2 Å². The molecular formula is C17H27ClN2. The third-order valence-electron chi connectivity index (χ3n) is 4.07. The maximum absolute atomic E-state index is 6.21. The van der Waals surface area contributed by atoms with Gasteiger partial charge in [0.25, 0.3) is 0 Å². The molecule has 20 heavy (non-hydrogen) atoms. The molecule has 1 unspecified atom stereocenters. The number of hydrogen-bond acceptors (Lipinski definition) is 2. The fourth-order valence-electron chi connectivity index (χ4n) is 2.99. The van der Waals surface area contributed by atoms with Gasteiger partial charge in [-0.05, 0) is 36.5 Å². The predicted octanol–water partition coefficient (Wildman–Crippen LogP) is 4.46. The molecule has 0 aliphatic carbocycles. The van der Waals surface area contributed by atoms with E-state index in [9.17, 15) is 0 Å². The van der Waals surface area contributed by atoms with Crippen molar-refractivity contribution < 1.29 is 0 Å². The Bertz CT molecular complexity index is 431. The van der Waals surface area contributed by atoms with Gasteiger partial charge in [0.1, 0.15) is 0 Å². The fourth-order valence-corrected chi connectivity index (χ4v) is 3.16. The van der Waals surface area contributed by atoms with Gasteiger partial charge in [-0.3, -0.25) is 0 Å². The van der Waals surface area contributed by atoms with Crippen LogP contribution in [0.15, 0.2) is 18.2 Å². The Hall–Kier alpha value is -0.730. The maximum atomic E-state index is 6.21. The van der Waals surface area contributed by atoms with Crippen LogP contribution in [0.1, 0.15) is 45.6 Å². The zero-order chi connectivity index (χ0) is 14.5. The lowest BCUT2D eigenvalue weighted by atomic mass is 10.0. The van der Waals surface area contributed by atoms with Gasteiger partial charge in [-0.1, -0.05) is 44.9 Å². The molecule has 2 nitrogen and oxygen atoms in total. The van der Waals surface area contributed by atoms with Crippen molar-refractivity contribution in [3.8, 4) is 0 Å². The molecule has 0 bridgehead atoms. The van der Waals surface area contributed by atoms with E-state index in [1.54, 1.807) is 0 Å². The summed E-state index contributed by atoms with van der Waals surface area (Å²) < 4.78 is 0. The third kappa shape index (κ3) is 4.13. The fraction of sp³-hybridized carbons (Fsp3) is 0.647. The summed E-state index contributed by atoms with van der Waals surface area (Å²) in [5, 5.41) is 4.35. The maximum Gasteiger partial charge on any atom is 0.0426 e. The molecule has 3 heteroatoms. The summed E-state index contributed by atoms with van der Waals surface area (Å²) in [7, 11) is 0. The molecule has 1 aliphatic rings. The molecule has 1 heterocycles. The van der Waals surface area contributed by atoms with Crippen LogP contribution in [0.3, 0.4) is 0 Å². The number of halogens is 1. The van der Waals surface area contributed by atoms with E-state index in [0.717, 1.165) is 17.5 Å². The van der Waals surface area contributed by atoms with Crippen molar-refractivity contribution in [2.45, 2.75) is 52.6 Å². The first-order valence-electron chi connectivity index (χ1n) is 7.87. The molecule has 0 amide bonds. The minimum atomic E-state index is 0.505. The van der Waals surface area contributed by atoms with Crippen molar-refractivity contribution in [3.05, 3.63) is 28.8 Å². The normalized spacial score (nSPS) is 19.1. The van der Waals surface area contributed by atoms with Gasteiger partial charge in [-0.2, -0.15) is 0 Å². The zero-order valence-corrected chi connectivity index (χ0v) is 13.7. The smallest absolute Gasteiger partial charge is 0.0426 e. The van der Waals surface area contributed by atoms with E-state index in [0.29, 0.717) is 6.04 Å². The van der Waals surface area contributed by atoms with Crippen LogP contribution >= 0.6 is 11.6 Å². The van der Waals surface area contributed by atoms with Crippen molar-refractivity contribution in [1.82, 2.24) is 5.32 Å². The molecule has 1 N–H and O–H groups in total. The zero-order valence-electron chi connectivity index (χ0n) is 13.0. The van der Waals surface area contributed by atoms with E-state index >= 15 is 0 Å². The number of nitrogens with one attached hydrogen (secondary N) is 1. The average molecular weight is 295 g/mol. The Labute approximate surface area is 128 Å². The van der Waals surface area contributed by atoms with Crippen molar-refractivity contribution in [3.63, 3.8) is 0 Å². The SMILES string of the molecule is CCCC1CCN(c2cc(Cl)ccc2CNC(C)C)C1. The van der Waals surface area contributed by atoms with Gasteiger partial charge in [-0.15, -0.1) is 0 Å². The van der Waals surface area contributed by atoms with E-state index in [1.165, 1.54) is 43.6 Å². The van der Waals surface area contributed by atoms with Crippen molar-refractivity contribution >= 4 is 17.3 Å². The second-order valence-electron chi connectivity index (χ2n) is 6.20. The lowest BCUT2D eigenvalue weighted by Crippen LogP contribution is -2.25. The molecule has 1 aromatic rings. The first-order valence-corrected chi connectivity index (χ1v) is 8.24. The molecule has 1 aliphatic heterocycles. The molecular weight excluding hydrogens is 268 g/mol. The van der Waals surface area contributed by atoms with E-state index in [2.05, 4.69) is 43.1 Å². The van der Waals surface area contributed by atoms with Gasteiger partial charge in [-0.25, -0.2) is 0 Å². The summed E-state index contributed by atoms with van der Waals surface area (Å²) in [6.45, 7) is 9.91. The van der Waals surface area contributed by atoms with Crippen LogP contribution in [0, 0.1) is 5.92 Å². The van der Waals surface area contributed by atoms with Gasteiger partial charge in [0, 0.05) is 36.4 Å². The summed E-state index contributed by atoms with van der Waals surface area (Å²) in [4.78, 5) is 2.52. The lowest BCUT2D eigenvalue weighted by Gasteiger charge is -2.23. The Morgan fingerprint density at radius 1 is 1.40 bits per heavy atom. The highest BCUT2D eigenvalue weighted by Gasteiger charge is 2.23. The van der Waals surface area contributed by atoms with Gasteiger partial charge in [0.2, 0.25) is 0 Å². The van der Waals surface area contributed by atoms with Crippen LogP contribution in [-0.2, 0) is 6.54 Å². The quantitative estimate of drug-likeness (QED) is 0.833. The highest BCUT2D eigenvalue weighted by Crippen LogP contribution is 2.31. The number of rotatable bonds is 6. The highest BCUT2D eigenvalue weighted by molar-refractivity contribution is 6.30. The topological polar surface area (TPSA) is 15.3 Å². The van der Waals surface area contributed by atoms with Crippen LogP contribution in [0.5, 0.6) is 0 Å². The first-order chi connectivity index (χ1) is 9.60. The number of nitrogens with zero attached hydrogens (tertiary/aromatic N) is 1. The van der Waals surface area contributed by atoms with Crippen LogP contribution in [-0.4, -0.2) is 19.1 Å². The largest absolute Gasteiger partial charge is 0.371 e. The second kappa shape index (κ2) is 7.33. The van der Waals surface area contributed by atoms with E-state index in [-0.39, 0.29) is 0 Å². The molecule has 0 spiro atoms. The summed E-state index contributed by atoms with van der Waals surface area (Å²) in [5.74, 6) is 0.852. The first kappa shape index (κ1) is 15.7. The minimum Gasteiger partial charge on any atom is -0.371 e. The van der Waals surface area contributed by atoms with Gasteiger partial charge >= 0.3 is 0 Å². The van der Waals surface area contributed by atoms with E-state index in [4.69, 9.17) is 11.6 Å².